The van der Waals surface area contributed by atoms with Crippen LogP contribution >= 0.6 is 23.2 Å². The third kappa shape index (κ3) is 7.61. The Hall–Kier alpha value is -5.43. The summed E-state index contributed by atoms with van der Waals surface area (Å²) in [4.78, 5) is 78.3. The summed E-state index contributed by atoms with van der Waals surface area (Å²) in [5.74, 6) is -3.71. The predicted molar refractivity (Wildman–Crippen MR) is 226 cm³/mol. The maximum absolute atomic E-state index is 16.2. The first-order valence-corrected chi connectivity index (χ1v) is 21.2. The number of hydrogen-bond acceptors (Lipinski definition) is 7. The number of ketones is 1. The lowest BCUT2D eigenvalue weighted by Crippen LogP contribution is -2.60. The van der Waals surface area contributed by atoms with Gasteiger partial charge in [0.2, 0.25) is 23.6 Å². The van der Waals surface area contributed by atoms with Gasteiger partial charge in [0.1, 0.15) is 17.3 Å². The van der Waals surface area contributed by atoms with Crippen LogP contribution < -0.4 is 26.6 Å². The maximum atomic E-state index is 16.2. The number of Topliss-reactive ketones (excluding diaryl/α,β-unsaturated/α-hetero) is 1. The average Bonchev–Trinajstić information content (AvgIpc) is 3.69. The second kappa shape index (κ2) is 16.9. The lowest BCUT2D eigenvalue weighted by molar-refractivity contribution is -0.134. The molecule has 3 heterocycles. The van der Waals surface area contributed by atoms with Crippen LogP contribution in [0.25, 0.3) is 0 Å². The smallest absolute Gasteiger partial charge is 0.251 e. The average molecular weight is 853 g/mol. The molecule has 11 nitrogen and oxygen atoms in total. The summed E-state index contributed by atoms with van der Waals surface area (Å²) in [5, 5.41) is 14.9. The first kappa shape index (κ1) is 41.3. The van der Waals surface area contributed by atoms with Crippen LogP contribution in [-0.2, 0) is 31.0 Å². The van der Waals surface area contributed by atoms with Crippen molar-refractivity contribution in [3.63, 3.8) is 0 Å². The molecule has 8 rings (SSSR count). The maximum Gasteiger partial charge on any atom is 0.251 e. The molecule has 1 aliphatic carbocycles. The van der Waals surface area contributed by atoms with E-state index < -0.39 is 52.5 Å². The van der Waals surface area contributed by atoms with E-state index in [0.29, 0.717) is 65.2 Å². The van der Waals surface area contributed by atoms with Crippen LogP contribution in [0.5, 0.6) is 0 Å². The SMILES string of the molecule is O=C1CCC(NC(=O)c2ccc(CCCCC(=O)c3ccc(NC(=O)C4NC5(CCCCC5)C5(C(=O)Nc6cc(Cl)ccc65)C4c4cccc(Cl)c4F)cc3)cc2)C(=O)N1. The number of amides is 5. The highest BCUT2D eigenvalue weighted by Gasteiger charge is 2.72. The number of rotatable bonds is 11. The van der Waals surface area contributed by atoms with Gasteiger partial charge in [-0.05, 0) is 110 Å². The fourth-order valence-electron chi connectivity index (χ4n) is 9.83. The number of hydrogen-bond donors (Lipinski definition) is 5. The van der Waals surface area contributed by atoms with E-state index in [1.165, 1.54) is 6.07 Å². The first-order valence-electron chi connectivity index (χ1n) is 20.4. The highest BCUT2D eigenvalue weighted by molar-refractivity contribution is 6.31. The van der Waals surface area contributed by atoms with E-state index in [2.05, 4.69) is 26.6 Å². The molecule has 60 heavy (non-hydrogen) atoms. The lowest BCUT2D eigenvalue weighted by Gasteiger charge is -2.47. The molecule has 0 aromatic heterocycles. The van der Waals surface area contributed by atoms with E-state index in [0.717, 1.165) is 31.2 Å². The zero-order chi connectivity index (χ0) is 42.2. The molecule has 4 aliphatic rings. The van der Waals surface area contributed by atoms with E-state index >= 15 is 4.39 Å². The zero-order valence-electron chi connectivity index (χ0n) is 32.7. The molecule has 4 atom stereocenters. The molecule has 0 bridgehead atoms. The highest BCUT2D eigenvalue weighted by atomic mass is 35.5. The molecule has 3 fully saturated rings. The van der Waals surface area contributed by atoms with Crippen molar-refractivity contribution in [1.82, 2.24) is 16.0 Å². The van der Waals surface area contributed by atoms with Crippen LogP contribution in [-0.4, -0.2) is 52.9 Å². The Kier molecular flexibility index (Phi) is 11.6. The summed E-state index contributed by atoms with van der Waals surface area (Å²) in [6.45, 7) is 0. The molecule has 310 valence electrons. The molecule has 4 aromatic carbocycles. The summed E-state index contributed by atoms with van der Waals surface area (Å²) in [7, 11) is 0. The number of piperidine rings is 1. The van der Waals surface area contributed by atoms with E-state index in [4.69, 9.17) is 23.2 Å². The first-order chi connectivity index (χ1) is 28.9. The second-order valence-corrected chi connectivity index (χ2v) is 17.1. The quantitative estimate of drug-likeness (QED) is 0.0592. The van der Waals surface area contributed by atoms with Crippen molar-refractivity contribution in [2.24, 2.45) is 0 Å². The Labute approximate surface area is 356 Å². The van der Waals surface area contributed by atoms with Crippen molar-refractivity contribution in [2.75, 3.05) is 10.6 Å². The number of aryl methyl sites for hydroxylation is 1. The van der Waals surface area contributed by atoms with Crippen LogP contribution in [0.4, 0.5) is 15.8 Å². The molecule has 2 saturated heterocycles. The summed E-state index contributed by atoms with van der Waals surface area (Å²) in [6, 6.07) is 21.9. The Balaban J connectivity index is 0.925. The van der Waals surface area contributed by atoms with Crippen molar-refractivity contribution in [1.29, 1.82) is 0 Å². The molecular formula is C46H44Cl2FN5O6. The molecule has 2 spiro atoms. The summed E-state index contributed by atoms with van der Waals surface area (Å²) in [5.41, 5.74) is 1.50. The number of unbranched alkanes of at least 4 members (excludes halogenated alkanes) is 1. The Morgan fingerprint density at radius 3 is 2.30 bits per heavy atom. The van der Waals surface area contributed by atoms with E-state index in [1.807, 2.05) is 18.2 Å². The number of nitrogens with one attached hydrogen (secondary N) is 5. The number of fused-ring (bicyclic) bond motifs is 3. The topological polar surface area (TPSA) is 163 Å². The van der Waals surface area contributed by atoms with Gasteiger partial charge >= 0.3 is 0 Å². The van der Waals surface area contributed by atoms with Gasteiger partial charge in [-0.15, -0.1) is 0 Å². The van der Waals surface area contributed by atoms with E-state index in [1.54, 1.807) is 60.7 Å². The molecule has 0 radical (unpaired) electrons. The fraction of sp³-hybridized carbons (Fsp3) is 0.348. The zero-order valence-corrected chi connectivity index (χ0v) is 34.2. The largest absolute Gasteiger partial charge is 0.340 e. The Bertz CT molecular complexity index is 2390. The number of halogens is 3. The monoisotopic (exact) mass is 851 g/mol. The Morgan fingerprint density at radius 2 is 1.57 bits per heavy atom. The van der Waals surface area contributed by atoms with Crippen molar-refractivity contribution < 1.29 is 33.2 Å². The number of carbonyl (C=O) groups is 6. The minimum Gasteiger partial charge on any atom is -0.340 e. The molecule has 5 N–H and O–H groups in total. The van der Waals surface area contributed by atoms with Crippen LogP contribution in [0.3, 0.4) is 0 Å². The second-order valence-electron chi connectivity index (χ2n) is 16.2. The van der Waals surface area contributed by atoms with Crippen molar-refractivity contribution in [3.05, 3.63) is 129 Å². The normalized spacial score (nSPS) is 22.9. The highest BCUT2D eigenvalue weighted by Crippen LogP contribution is 2.62. The molecule has 5 amide bonds. The van der Waals surface area contributed by atoms with E-state index in [-0.39, 0.29) is 41.0 Å². The van der Waals surface area contributed by atoms with Crippen LogP contribution in [0.15, 0.2) is 84.9 Å². The van der Waals surface area contributed by atoms with Crippen molar-refractivity contribution >= 4 is 69.9 Å². The van der Waals surface area contributed by atoms with Gasteiger partial charge in [0.15, 0.2) is 5.78 Å². The fourth-order valence-corrected chi connectivity index (χ4v) is 10.2. The predicted octanol–water partition coefficient (Wildman–Crippen LogP) is 7.55. The van der Waals surface area contributed by atoms with Gasteiger partial charge in [-0.25, -0.2) is 4.39 Å². The van der Waals surface area contributed by atoms with Gasteiger partial charge in [0.05, 0.1) is 11.1 Å². The van der Waals surface area contributed by atoms with Crippen LogP contribution in [0, 0.1) is 5.82 Å². The van der Waals surface area contributed by atoms with Gasteiger partial charge in [0, 0.05) is 51.8 Å². The molecular weight excluding hydrogens is 808 g/mol. The van der Waals surface area contributed by atoms with Gasteiger partial charge in [0.25, 0.3) is 5.91 Å². The summed E-state index contributed by atoms with van der Waals surface area (Å²) < 4.78 is 16.2. The summed E-state index contributed by atoms with van der Waals surface area (Å²) >= 11 is 12.7. The molecule has 4 unspecified atom stereocenters. The minimum absolute atomic E-state index is 0.0468. The standard InChI is InChI=1S/C46H44Cl2FN5O6/c47-29-17-20-32-35(25-29)52-44(60)46(32)38(31-8-6-9-33(48)39(31)49)40(54-45(46)23-4-1-5-24-45)43(59)50-30-18-15-27(16-19-30)36(55)10-3-2-7-26-11-13-28(14-12-26)41(57)51-34-21-22-37(56)53-42(34)58/h6,8-9,11-20,25,34,38,40,54H,1-5,7,10,21-24H2,(H,50,59)(H,51,57)(H,52,60)(H,53,56,58). The summed E-state index contributed by atoms with van der Waals surface area (Å²) in [6.07, 6.45) is 6.64. The number of carbonyl (C=O) groups excluding carboxylic acids is 6. The van der Waals surface area contributed by atoms with Gasteiger partial charge in [-0.2, -0.15) is 0 Å². The third-order valence-electron chi connectivity index (χ3n) is 12.7. The third-order valence-corrected chi connectivity index (χ3v) is 13.2. The molecule has 4 aromatic rings. The molecule has 14 heteroatoms. The minimum atomic E-state index is -1.35. The number of benzene rings is 4. The van der Waals surface area contributed by atoms with Crippen molar-refractivity contribution in [3.8, 4) is 0 Å². The Morgan fingerprint density at radius 1 is 0.833 bits per heavy atom. The van der Waals surface area contributed by atoms with Crippen LogP contribution in [0.1, 0.15) is 108 Å². The lowest BCUT2D eigenvalue weighted by atomic mass is 9.55. The van der Waals surface area contributed by atoms with Gasteiger partial charge < -0.3 is 16.0 Å². The molecule has 1 saturated carbocycles. The van der Waals surface area contributed by atoms with Crippen LogP contribution in [0.2, 0.25) is 10.0 Å². The number of imide groups is 1. The van der Waals surface area contributed by atoms with Crippen molar-refractivity contribution in [2.45, 2.75) is 99.6 Å². The van der Waals surface area contributed by atoms with E-state index in [9.17, 15) is 28.8 Å². The van der Waals surface area contributed by atoms with Gasteiger partial charge in [-0.1, -0.05) is 72.8 Å². The number of anilines is 2. The van der Waals surface area contributed by atoms with Gasteiger partial charge in [-0.3, -0.25) is 39.4 Å². The molecule has 3 aliphatic heterocycles.